The lowest BCUT2D eigenvalue weighted by molar-refractivity contribution is -0.125. The molecule has 0 aromatic heterocycles. The SMILES string of the molecule is C[C@@H]1CC[C@@H](CO[Si](c2ccccc2)(c2ccccc2)C(C)(C)C)CC1=O. The van der Waals surface area contributed by atoms with Crippen LogP contribution in [0.15, 0.2) is 60.7 Å². The number of carbonyl (C=O) groups is 1. The van der Waals surface area contributed by atoms with E-state index in [2.05, 4.69) is 88.4 Å². The molecule has 0 radical (unpaired) electrons. The zero-order chi connectivity index (χ0) is 19.5. The van der Waals surface area contributed by atoms with Crippen molar-refractivity contribution in [3.05, 3.63) is 60.7 Å². The normalized spacial score (nSPS) is 21.3. The molecule has 3 rings (SSSR count). The molecule has 27 heavy (non-hydrogen) atoms. The molecule has 1 aliphatic carbocycles. The van der Waals surface area contributed by atoms with Gasteiger partial charge in [-0.2, -0.15) is 0 Å². The van der Waals surface area contributed by atoms with Crippen molar-refractivity contribution < 1.29 is 9.22 Å². The summed E-state index contributed by atoms with van der Waals surface area (Å²) in [6.45, 7) is 9.63. The minimum atomic E-state index is -2.48. The molecule has 2 aromatic rings. The molecule has 0 unspecified atom stereocenters. The number of rotatable bonds is 5. The summed E-state index contributed by atoms with van der Waals surface area (Å²) in [5, 5.41) is 2.60. The second-order valence-corrected chi connectivity index (χ2v) is 13.3. The van der Waals surface area contributed by atoms with Crippen molar-refractivity contribution in [2.24, 2.45) is 11.8 Å². The molecular weight excluding hydrogens is 348 g/mol. The topological polar surface area (TPSA) is 26.3 Å². The maximum atomic E-state index is 12.2. The first-order valence-corrected chi connectivity index (χ1v) is 12.0. The van der Waals surface area contributed by atoms with Gasteiger partial charge < -0.3 is 4.43 Å². The van der Waals surface area contributed by atoms with Crippen LogP contribution in [0, 0.1) is 11.8 Å². The molecule has 1 fully saturated rings. The van der Waals surface area contributed by atoms with E-state index in [1.54, 1.807) is 0 Å². The van der Waals surface area contributed by atoms with E-state index in [1.807, 2.05) is 0 Å². The van der Waals surface area contributed by atoms with E-state index >= 15 is 0 Å². The van der Waals surface area contributed by atoms with Crippen molar-refractivity contribution in [1.82, 2.24) is 0 Å². The summed E-state index contributed by atoms with van der Waals surface area (Å²) in [7, 11) is -2.48. The molecule has 1 aliphatic rings. The summed E-state index contributed by atoms with van der Waals surface area (Å²) < 4.78 is 6.98. The van der Waals surface area contributed by atoms with Gasteiger partial charge in [-0.15, -0.1) is 0 Å². The maximum Gasteiger partial charge on any atom is 0.261 e. The van der Waals surface area contributed by atoms with E-state index in [-0.39, 0.29) is 11.0 Å². The van der Waals surface area contributed by atoms with E-state index in [1.165, 1.54) is 10.4 Å². The average molecular weight is 381 g/mol. The molecule has 0 aliphatic heterocycles. The van der Waals surface area contributed by atoms with Gasteiger partial charge in [0.15, 0.2) is 0 Å². The average Bonchev–Trinajstić information content (AvgIpc) is 2.66. The quantitative estimate of drug-likeness (QED) is 0.710. The Bertz CT molecular complexity index is 709. The summed E-state index contributed by atoms with van der Waals surface area (Å²) in [5.41, 5.74) is 0. The van der Waals surface area contributed by atoms with Crippen LogP contribution in [0.3, 0.4) is 0 Å². The molecule has 2 atom stereocenters. The largest absolute Gasteiger partial charge is 0.407 e. The van der Waals surface area contributed by atoms with Crippen molar-refractivity contribution in [1.29, 1.82) is 0 Å². The summed E-state index contributed by atoms with van der Waals surface area (Å²) in [6.07, 6.45) is 2.75. The monoisotopic (exact) mass is 380 g/mol. The smallest absolute Gasteiger partial charge is 0.261 e. The Labute approximate surface area is 165 Å². The summed E-state index contributed by atoms with van der Waals surface area (Å²) >= 11 is 0. The van der Waals surface area contributed by atoms with Crippen molar-refractivity contribution in [3.8, 4) is 0 Å². The van der Waals surface area contributed by atoms with E-state index in [4.69, 9.17) is 4.43 Å². The van der Waals surface area contributed by atoms with Crippen molar-refractivity contribution >= 4 is 24.5 Å². The molecule has 0 bridgehead atoms. The van der Waals surface area contributed by atoms with Crippen LogP contribution in [0.4, 0.5) is 0 Å². The van der Waals surface area contributed by atoms with E-state index in [0.29, 0.717) is 24.7 Å². The van der Waals surface area contributed by atoms with Gasteiger partial charge >= 0.3 is 0 Å². The van der Waals surface area contributed by atoms with Gasteiger partial charge in [-0.25, -0.2) is 0 Å². The van der Waals surface area contributed by atoms with Gasteiger partial charge in [-0.05, 0) is 34.2 Å². The van der Waals surface area contributed by atoms with E-state index < -0.39 is 8.32 Å². The van der Waals surface area contributed by atoms with Crippen LogP contribution in [0.5, 0.6) is 0 Å². The minimum Gasteiger partial charge on any atom is -0.407 e. The van der Waals surface area contributed by atoms with Crippen LogP contribution < -0.4 is 10.4 Å². The lowest BCUT2D eigenvalue weighted by atomic mass is 9.82. The molecule has 2 nitrogen and oxygen atoms in total. The highest BCUT2D eigenvalue weighted by Gasteiger charge is 2.50. The number of benzene rings is 2. The number of Topliss-reactive ketones (excluding diaryl/α,β-unsaturated/α-hetero) is 1. The fourth-order valence-electron chi connectivity index (χ4n) is 4.38. The highest BCUT2D eigenvalue weighted by Crippen LogP contribution is 2.38. The highest BCUT2D eigenvalue weighted by atomic mass is 28.4. The number of ketones is 1. The Balaban J connectivity index is 1.98. The highest BCUT2D eigenvalue weighted by molar-refractivity contribution is 6.99. The van der Waals surface area contributed by atoms with Gasteiger partial charge in [0.1, 0.15) is 5.78 Å². The second-order valence-electron chi connectivity index (χ2n) is 8.99. The molecule has 0 amide bonds. The Morgan fingerprint density at radius 1 is 0.926 bits per heavy atom. The molecule has 2 aromatic carbocycles. The lowest BCUT2D eigenvalue weighted by Crippen LogP contribution is -2.67. The molecule has 0 spiro atoms. The van der Waals surface area contributed by atoms with Crippen LogP contribution in [0.1, 0.15) is 47.0 Å². The summed E-state index contributed by atoms with van der Waals surface area (Å²) in [5.74, 6) is 0.960. The zero-order valence-corrected chi connectivity index (χ0v) is 18.1. The summed E-state index contributed by atoms with van der Waals surface area (Å²) in [4.78, 5) is 12.2. The molecule has 0 heterocycles. The van der Waals surface area contributed by atoms with Gasteiger partial charge in [0.2, 0.25) is 0 Å². The Morgan fingerprint density at radius 3 is 1.89 bits per heavy atom. The van der Waals surface area contributed by atoms with Gasteiger partial charge in [-0.1, -0.05) is 88.4 Å². The first-order chi connectivity index (χ1) is 12.8. The zero-order valence-electron chi connectivity index (χ0n) is 17.1. The predicted molar refractivity (Wildman–Crippen MR) is 115 cm³/mol. The number of hydrogen-bond acceptors (Lipinski definition) is 2. The van der Waals surface area contributed by atoms with Gasteiger partial charge in [0.05, 0.1) is 0 Å². The predicted octanol–water partition coefficient (Wildman–Crippen LogP) is 4.57. The first-order valence-electron chi connectivity index (χ1n) is 10.1. The maximum absolute atomic E-state index is 12.2. The van der Waals surface area contributed by atoms with Crippen LogP contribution in [0.25, 0.3) is 0 Å². The van der Waals surface area contributed by atoms with Crippen LogP contribution in [0.2, 0.25) is 5.04 Å². The van der Waals surface area contributed by atoms with E-state index in [0.717, 1.165) is 12.8 Å². The third-order valence-electron chi connectivity index (χ3n) is 6.00. The van der Waals surface area contributed by atoms with Gasteiger partial charge in [0, 0.05) is 18.9 Å². The third kappa shape index (κ3) is 4.09. The van der Waals surface area contributed by atoms with E-state index in [9.17, 15) is 4.79 Å². The fraction of sp³-hybridized carbons (Fsp3) is 0.458. The van der Waals surface area contributed by atoms with Crippen molar-refractivity contribution in [2.75, 3.05) is 6.61 Å². The fourth-order valence-corrected chi connectivity index (χ4v) is 9.02. The first kappa shape index (κ1) is 20.0. The van der Waals surface area contributed by atoms with Gasteiger partial charge in [0.25, 0.3) is 8.32 Å². The standard InChI is InChI=1S/C24H32O2Si/c1-19-15-16-20(17-23(19)25)18-26-27(24(2,3)4,21-11-7-5-8-12-21)22-13-9-6-10-14-22/h5-14,19-20H,15-18H2,1-4H3/t19-,20-/m1/s1. The van der Waals surface area contributed by atoms with Crippen LogP contribution >= 0.6 is 0 Å². The number of carbonyl (C=O) groups excluding carboxylic acids is 1. The number of hydrogen-bond donors (Lipinski definition) is 0. The Morgan fingerprint density at radius 2 is 1.44 bits per heavy atom. The van der Waals surface area contributed by atoms with Gasteiger partial charge in [-0.3, -0.25) is 4.79 Å². The van der Waals surface area contributed by atoms with Crippen molar-refractivity contribution in [2.45, 2.75) is 52.0 Å². The third-order valence-corrected chi connectivity index (χ3v) is 11.0. The van der Waals surface area contributed by atoms with Crippen LogP contribution in [-0.4, -0.2) is 20.7 Å². The molecule has 0 N–H and O–H groups in total. The molecule has 144 valence electrons. The Hall–Kier alpha value is -1.71. The lowest BCUT2D eigenvalue weighted by Gasteiger charge is -2.44. The molecule has 0 saturated heterocycles. The summed E-state index contributed by atoms with van der Waals surface area (Å²) in [6, 6.07) is 21.5. The van der Waals surface area contributed by atoms with Crippen molar-refractivity contribution in [3.63, 3.8) is 0 Å². The minimum absolute atomic E-state index is 0.0122. The second kappa shape index (κ2) is 8.11. The Kier molecular flexibility index (Phi) is 6.02. The molecule has 3 heteroatoms. The molecular formula is C24H32O2Si. The van der Waals surface area contributed by atoms with Crippen LogP contribution in [-0.2, 0) is 9.22 Å². The molecule has 1 saturated carbocycles.